The maximum atomic E-state index is 13.3. The molecule has 1 aromatic carbocycles. The van der Waals surface area contributed by atoms with Crippen LogP contribution in [0.4, 0.5) is 4.39 Å². The van der Waals surface area contributed by atoms with E-state index in [1.165, 1.54) is 24.1 Å². The zero-order valence-corrected chi connectivity index (χ0v) is 11.1. The van der Waals surface area contributed by atoms with E-state index in [-0.39, 0.29) is 24.8 Å². The first-order valence-corrected chi connectivity index (χ1v) is 5.95. The maximum Gasteiger partial charge on any atom is 0.252 e. The van der Waals surface area contributed by atoms with Crippen molar-refractivity contribution < 1.29 is 18.7 Å². The Bertz CT molecular complexity index is 411. The Morgan fingerprint density at radius 3 is 2.74 bits per heavy atom. The first kappa shape index (κ1) is 15.4. The van der Waals surface area contributed by atoms with Crippen LogP contribution in [-0.4, -0.2) is 50.8 Å². The molecule has 0 aliphatic heterocycles. The number of halogens is 1. The van der Waals surface area contributed by atoms with Gasteiger partial charge in [-0.25, -0.2) is 4.39 Å². The molecule has 1 unspecified atom stereocenters. The Morgan fingerprint density at radius 2 is 2.16 bits per heavy atom. The fourth-order valence-electron chi connectivity index (χ4n) is 1.51. The summed E-state index contributed by atoms with van der Waals surface area (Å²) >= 11 is 0. The molecule has 0 radical (unpaired) electrons. The second-order valence-corrected chi connectivity index (χ2v) is 4.00. The van der Waals surface area contributed by atoms with Crippen LogP contribution < -0.4 is 10.5 Å². The normalized spacial score (nSPS) is 12.0. The fraction of sp³-hybridized carbons (Fsp3) is 0.462. The van der Waals surface area contributed by atoms with E-state index >= 15 is 0 Å². The van der Waals surface area contributed by atoms with Gasteiger partial charge in [0.1, 0.15) is 12.7 Å². The zero-order valence-electron chi connectivity index (χ0n) is 11.1. The molecule has 0 aliphatic rings. The second kappa shape index (κ2) is 7.70. The summed E-state index contributed by atoms with van der Waals surface area (Å²) in [5, 5.41) is 0. The fourth-order valence-corrected chi connectivity index (χ4v) is 1.51. The van der Waals surface area contributed by atoms with Crippen molar-refractivity contribution in [3.05, 3.63) is 30.1 Å². The molecule has 19 heavy (non-hydrogen) atoms. The number of ether oxygens (including phenoxy) is 2. The molecular formula is C13H19FN2O3. The van der Waals surface area contributed by atoms with Crippen LogP contribution in [0, 0.1) is 5.82 Å². The molecule has 0 spiro atoms. The third-order valence-electron chi connectivity index (χ3n) is 2.67. The number of likely N-dealkylation sites (N-methyl/N-ethyl adjacent to an activating group) is 1. The van der Waals surface area contributed by atoms with Gasteiger partial charge in [0.05, 0.1) is 6.54 Å². The number of para-hydroxylation sites is 1. The Kier molecular flexibility index (Phi) is 6.24. The average molecular weight is 270 g/mol. The second-order valence-electron chi connectivity index (χ2n) is 4.00. The van der Waals surface area contributed by atoms with Crippen LogP contribution in [0.2, 0.25) is 0 Å². The minimum Gasteiger partial charge on any atom is -0.489 e. The van der Waals surface area contributed by atoms with Crippen LogP contribution in [-0.2, 0) is 9.53 Å². The zero-order chi connectivity index (χ0) is 14.3. The van der Waals surface area contributed by atoms with Crippen LogP contribution in [0.5, 0.6) is 5.75 Å². The summed E-state index contributed by atoms with van der Waals surface area (Å²) in [4.78, 5) is 13.3. The molecule has 0 heterocycles. The smallest absolute Gasteiger partial charge is 0.252 e. The van der Waals surface area contributed by atoms with Crippen LogP contribution in [0.1, 0.15) is 0 Å². The molecule has 0 bridgehead atoms. The number of nitrogens with two attached hydrogens (primary N) is 1. The molecule has 1 amide bonds. The number of amides is 1. The average Bonchev–Trinajstić information content (AvgIpc) is 2.42. The molecule has 106 valence electrons. The van der Waals surface area contributed by atoms with E-state index < -0.39 is 11.9 Å². The number of carbonyl (C=O) groups excluding carboxylic acids is 1. The van der Waals surface area contributed by atoms with E-state index in [9.17, 15) is 9.18 Å². The summed E-state index contributed by atoms with van der Waals surface area (Å²) in [7, 11) is 3.05. The molecule has 0 aliphatic carbocycles. The third-order valence-corrected chi connectivity index (χ3v) is 2.67. The van der Waals surface area contributed by atoms with Gasteiger partial charge in [-0.15, -0.1) is 0 Å². The minimum absolute atomic E-state index is 0.119. The number of rotatable bonds is 7. The summed E-state index contributed by atoms with van der Waals surface area (Å²) in [6, 6.07) is 6.12. The van der Waals surface area contributed by atoms with E-state index in [0.29, 0.717) is 6.54 Å². The molecule has 1 aromatic rings. The topological polar surface area (TPSA) is 64.8 Å². The summed E-state index contributed by atoms with van der Waals surface area (Å²) < 4.78 is 23.5. The largest absolute Gasteiger partial charge is 0.489 e. The lowest BCUT2D eigenvalue weighted by molar-refractivity contribution is -0.140. The summed E-state index contributed by atoms with van der Waals surface area (Å²) in [6.07, 6.45) is -0.654. The molecule has 0 saturated carbocycles. The van der Waals surface area contributed by atoms with Crippen molar-refractivity contribution in [3.63, 3.8) is 0 Å². The summed E-state index contributed by atoms with van der Waals surface area (Å²) in [6.45, 7) is 0.644. The van der Waals surface area contributed by atoms with Gasteiger partial charge in [-0.3, -0.25) is 4.79 Å². The van der Waals surface area contributed by atoms with Gasteiger partial charge in [-0.1, -0.05) is 12.1 Å². The molecule has 0 fully saturated rings. The first-order valence-electron chi connectivity index (χ1n) is 5.95. The molecular weight excluding hydrogens is 251 g/mol. The van der Waals surface area contributed by atoms with Crippen LogP contribution in [0.15, 0.2) is 24.3 Å². The molecule has 0 aromatic heterocycles. The lowest BCUT2D eigenvalue weighted by atomic mass is 10.3. The molecule has 2 N–H and O–H groups in total. The van der Waals surface area contributed by atoms with Crippen molar-refractivity contribution in [2.45, 2.75) is 6.10 Å². The highest BCUT2D eigenvalue weighted by atomic mass is 19.1. The van der Waals surface area contributed by atoms with Crippen molar-refractivity contribution in [3.8, 4) is 5.75 Å². The SMILES string of the molecule is COC(CN)C(=O)N(C)CCOc1ccccc1F. The van der Waals surface area contributed by atoms with Gasteiger partial charge in [-0.2, -0.15) is 0 Å². The van der Waals surface area contributed by atoms with Crippen LogP contribution >= 0.6 is 0 Å². The van der Waals surface area contributed by atoms with E-state index in [1.807, 2.05) is 0 Å². The highest BCUT2D eigenvalue weighted by Gasteiger charge is 2.19. The molecule has 5 nitrogen and oxygen atoms in total. The number of benzene rings is 1. The van der Waals surface area contributed by atoms with Gasteiger partial charge in [0, 0.05) is 20.7 Å². The number of hydrogen-bond donors (Lipinski definition) is 1. The lowest BCUT2D eigenvalue weighted by Crippen LogP contribution is -2.43. The Labute approximate surface area is 112 Å². The van der Waals surface area contributed by atoms with E-state index in [2.05, 4.69) is 0 Å². The lowest BCUT2D eigenvalue weighted by Gasteiger charge is -2.22. The van der Waals surface area contributed by atoms with Crippen molar-refractivity contribution >= 4 is 5.91 Å². The third kappa shape index (κ3) is 4.50. The van der Waals surface area contributed by atoms with Crippen molar-refractivity contribution in [2.24, 2.45) is 5.73 Å². The Hall–Kier alpha value is -1.66. The van der Waals surface area contributed by atoms with Crippen molar-refractivity contribution in [1.29, 1.82) is 0 Å². The standard InChI is InChI=1S/C13H19FN2O3/c1-16(13(17)12(9-15)18-2)7-8-19-11-6-4-3-5-10(11)14/h3-6,12H,7-9,15H2,1-2H3. The number of nitrogens with zero attached hydrogens (tertiary/aromatic N) is 1. The van der Waals surface area contributed by atoms with E-state index in [0.717, 1.165) is 0 Å². The molecule has 1 rings (SSSR count). The van der Waals surface area contributed by atoms with Crippen molar-refractivity contribution in [1.82, 2.24) is 4.90 Å². The maximum absolute atomic E-state index is 13.3. The van der Waals surface area contributed by atoms with E-state index in [4.69, 9.17) is 15.2 Å². The van der Waals surface area contributed by atoms with Gasteiger partial charge >= 0.3 is 0 Å². The number of hydrogen-bond acceptors (Lipinski definition) is 4. The Morgan fingerprint density at radius 1 is 1.47 bits per heavy atom. The summed E-state index contributed by atoms with van der Waals surface area (Å²) in [5.74, 6) is -0.471. The predicted octanol–water partition coefficient (Wildman–Crippen LogP) is 0.637. The van der Waals surface area contributed by atoms with E-state index in [1.54, 1.807) is 19.2 Å². The molecule has 0 saturated heterocycles. The summed E-state index contributed by atoms with van der Waals surface area (Å²) in [5.41, 5.74) is 5.41. The predicted molar refractivity (Wildman–Crippen MR) is 69.4 cm³/mol. The van der Waals surface area contributed by atoms with Gasteiger partial charge in [0.2, 0.25) is 0 Å². The highest BCUT2D eigenvalue weighted by Crippen LogP contribution is 2.15. The van der Waals surface area contributed by atoms with Gasteiger partial charge < -0.3 is 20.1 Å². The monoisotopic (exact) mass is 270 g/mol. The van der Waals surface area contributed by atoms with Crippen LogP contribution in [0.3, 0.4) is 0 Å². The Balaban J connectivity index is 2.41. The van der Waals surface area contributed by atoms with Crippen LogP contribution in [0.25, 0.3) is 0 Å². The number of carbonyl (C=O) groups is 1. The highest BCUT2D eigenvalue weighted by molar-refractivity contribution is 5.80. The van der Waals surface area contributed by atoms with Gasteiger partial charge in [0.25, 0.3) is 5.91 Å². The van der Waals surface area contributed by atoms with Gasteiger partial charge in [-0.05, 0) is 12.1 Å². The molecule has 1 atom stereocenters. The van der Waals surface area contributed by atoms with Crippen molar-refractivity contribution in [2.75, 3.05) is 33.9 Å². The van der Waals surface area contributed by atoms with Gasteiger partial charge in [0.15, 0.2) is 11.6 Å². The quantitative estimate of drug-likeness (QED) is 0.789. The first-order chi connectivity index (χ1) is 9.10. The molecule has 6 heteroatoms. The minimum atomic E-state index is -0.654. The number of methoxy groups -OCH3 is 1.